The summed E-state index contributed by atoms with van der Waals surface area (Å²) in [6.07, 6.45) is 1.72. The van der Waals surface area contributed by atoms with Crippen molar-refractivity contribution in [2.75, 3.05) is 19.0 Å². The molecule has 4 nitrogen and oxygen atoms in total. The van der Waals surface area contributed by atoms with E-state index in [9.17, 15) is 4.79 Å². The third-order valence-corrected chi connectivity index (χ3v) is 5.03. The number of hydrogen-bond donors (Lipinski definition) is 1. The predicted octanol–water partition coefficient (Wildman–Crippen LogP) is 5.38. The molecule has 0 bridgehead atoms. The molecule has 0 radical (unpaired) electrons. The Hall–Kier alpha value is -3.37. The van der Waals surface area contributed by atoms with Crippen molar-refractivity contribution in [1.29, 1.82) is 0 Å². The molecule has 0 aromatic heterocycles. The average molecular weight is 401 g/mol. The van der Waals surface area contributed by atoms with E-state index in [-0.39, 0.29) is 11.9 Å². The van der Waals surface area contributed by atoms with E-state index >= 15 is 0 Å². The number of carbonyl (C=O) groups is 1. The van der Waals surface area contributed by atoms with Crippen LogP contribution in [0.2, 0.25) is 0 Å². The molecule has 1 N–H and O–H groups in total. The smallest absolute Gasteiger partial charge is 0.241 e. The van der Waals surface area contributed by atoms with E-state index in [0.29, 0.717) is 13.2 Å². The molecule has 0 unspecified atom stereocenters. The topological polar surface area (TPSA) is 41.6 Å². The summed E-state index contributed by atoms with van der Waals surface area (Å²) in [5.74, 6) is 0.774. The van der Waals surface area contributed by atoms with Crippen LogP contribution in [0.5, 0.6) is 5.75 Å². The van der Waals surface area contributed by atoms with Gasteiger partial charge >= 0.3 is 0 Å². The number of hydrogen-bond acceptors (Lipinski definition) is 3. The molecule has 1 atom stereocenters. The molecule has 0 aliphatic rings. The third kappa shape index (κ3) is 5.58. The summed E-state index contributed by atoms with van der Waals surface area (Å²) < 4.78 is 5.52. The zero-order valence-electron chi connectivity index (χ0n) is 17.5. The van der Waals surface area contributed by atoms with E-state index in [2.05, 4.69) is 11.9 Å². The van der Waals surface area contributed by atoms with Crippen molar-refractivity contribution in [2.45, 2.75) is 19.5 Å². The van der Waals surface area contributed by atoms with Gasteiger partial charge in [-0.2, -0.15) is 0 Å². The van der Waals surface area contributed by atoms with Gasteiger partial charge in [0.1, 0.15) is 12.4 Å². The highest BCUT2D eigenvalue weighted by molar-refractivity contribution is 5.98. The predicted molar refractivity (Wildman–Crippen MR) is 124 cm³/mol. The Balaban J connectivity index is 1.64. The monoisotopic (exact) mass is 400 g/mol. The van der Waals surface area contributed by atoms with Crippen LogP contribution in [0.4, 0.5) is 5.69 Å². The summed E-state index contributed by atoms with van der Waals surface area (Å²) in [7, 11) is 1.95. The Bertz CT molecular complexity index is 968. The first-order valence-electron chi connectivity index (χ1n) is 10.1. The summed E-state index contributed by atoms with van der Waals surface area (Å²) in [6, 6.07) is 25.6. The lowest BCUT2D eigenvalue weighted by Crippen LogP contribution is -2.39. The van der Waals surface area contributed by atoms with Crippen LogP contribution in [0.15, 0.2) is 91.5 Å². The number of anilines is 1. The molecule has 0 fully saturated rings. The molecule has 0 spiro atoms. The fourth-order valence-corrected chi connectivity index (χ4v) is 3.17. The number of nitrogens with one attached hydrogen (secondary N) is 1. The molecule has 3 rings (SSSR count). The molecule has 0 saturated heterocycles. The molecule has 4 heteroatoms. The molecular formula is C26H28N2O2. The number of benzene rings is 3. The maximum atomic E-state index is 12.9. The van der Waals surface area contributed by atoms with Crippen LogP contribution in [0, 0.1) is 0 Å². The Labute approximate surface area is 178 Å². The number of para-hydroxylation sites is 1. The second-order valence-electron chi connectivity index (χ2n) is 7.24. The van der Waals surface area contributed by atoms with Crippen molar-refractivity contribution in [3.8, 4) is 16.9 Å². The molecule has 30 heavy (non-hydrogen) atoms. The molecule has 1 amide bonds. The molecule has 0 saturated carbocycles. The minimum Gasteiger partial charge on any atom is -0.490 e. The summed E-state index contributed by atoms with van der Waals surface area (Å²) in [5, 5.41) is 3.10. The van der Waals surface area contributed by atoms with Gasteiger partial charge in [0.05, 0.1) is 6.04 Å². The van der Waals surface area contributed by atoms with Gasteiger partial charge in [0.25, 0.3) is 0 Å². The number of ether oxygens (including phenoxy) is 1. The van der Waals surface area contributed by atoms with Crippen LogP contribution >= 0.6 is 0 Å². The Morgan fingerprint density at radius 2 is 1.70 bits per heavy atom. The molecular weight excluding hydrogens is 372 g/mol. The molecule has 0 aliphatic heterocycles. The van der Waals surface area contributed by atoms with Gasteiger partial charge < -0.3 is 10.1 Å². The number of amides is 1. The standard InChI is InChI=1S/C26H28N2O2/c1-4-18-30-23-16-14-21(15-17-23)19-28(3)20(2)26(29)27-25-13-9-8-12-24(25)22-10-6-5-7-11-22/h4-17,20H,1,18-19H2,2-3H3,(H,27,29)/t20-/m1/s1. The number of likely N-dealkylation sites (N-methyl/N-ethyl adjacent to an activating group) is 1. The van der Waals surface area contributed by atoms with Gasteiger partial charge in [0, 0.05) is 17.8 Å². The Morgan fingerprint density at radius 3 is 2.40 bits per heavy atom. The van der Waals surface area contributed by atoms with Crippen molar-refractivity contribution in [3.63, 3.8) is 0 Å². The second kappa shape index (κ2) is 10.4. The average Bonchev–Trinajstić information content (AvgIpc) is 2.79. The fourth-order valence-electron chi connectivity index (χ4n) is 3.17. The van der Waals surface area contributed by atoms with Crippen LogP contribution in [0.25, 0.3) is 11.1 Å². The van der Waals surface area contributed by atoms with E-state index in [1.807, 2.05) is 97.7 Å². The number of nitrogens with zero attached hydrogens (tertiary/aromatic N) is 1. The molecule has 3 aromatic carbocycles. The third-order valence-electron chi connectivity index (χ3n) is 5.03. The lowest BCUT2D eigenvalue weighted by atomic mass is 10.0. The van der Waals surface area contributed by atoms with Gasteiger partial charge in [-0.3, -0.25) is 9.69 Å². The van der Waals surface area contributed by atoms with Gasteiger partial charge in [-0.05, 0) is 43.3 Å². The van der Waals surface area contributed by atoms with Crippen LogP contribution in [0.3, 0.4) is 0 Å². The SMILES string of the molecule is C=CCOc1ccc(CN(C)[C@H](C)C(=O)Nc2ccccc2-c2ccccc2)cc1. The van der Waals surface area contributed by atoms with Gasteiger partial charge in [-0.25, -0.2) is 0 Å². The van der Waals surface area contributed by atoms with E-state index in [1.54, 1.807) is 6.08 Å². The summed E-state index contributed by atoms with van der Waals surface area (Å²) in [4.78, 5) is 14.9. The lowest BCUT2D eigenvalue weighted by Gasteiger charge is -2.24. The first kappa shape index (κ1) is 21.3. The fraction of sp³-hybridized carbons (Fsp3) is 0.192. The highest BCUT2D eigenvalue weighted by Crippen LogP contribution is 2.27. The van der Waals surface area contributed by atoms with Gasteiger partial charge in [0.2, 0.25) is 5.91 Å². The molecule has 3 aromatic rings. The van der Waals surface area contributed by atoms with Crippen LogP contribution in [-0.2, 0) is 11.3 Å². The molecule has 0 heterocycles. The summed E-state index contributed by atoms with van der Waals surface area (Å²) in [5.41, 5.74) is 4.02. The minimum absolute atomic E-state index is 0.0354. The summed E-state index contributed by atoms with van der Waals surface area (Å²) in [6.45, 7) is 6.72. The van der Waals surface area contributed by atoms with Crippen LogP contribution in [-0.4, -0.2) is 30.5 Å². The lowest BCUT2D eigenvalue weighted by molar-refractivity contribution is -0.120. The normalized spacial score (nSPS) is 11.7. The van der Waals surface area contributed by atoms with Crippen molar-refractivity contribution in [3.05, 3.63) is 97.1 Å². The minimum atomic E-state index is -0.287. The number of carbonyl (C=O) groups excluding carboxylic acids is 1. The van der Waals surface area contributed by atoms with Crippen molar-refractivity contribution < 1.29 is 9.53 Å². The van der Waals surface area contributed by atoms with E-state index in [0.717, 1.165) is 28.1 Å². The van der Waals surface area contributed by atoms with Crippen LogP contribution in [0.1, 0.15) is 12.5 Å². The molecule has 0 aliphatic carbocycles. The van der Waals surface area contributed by atoms with E-state index in [1.165, 1.54) is 0 Å². The highest BCUT2D eigenvalue weighted by Gasteiger charge is 2.19. The van der Waals surface area contributed by atoms with Crippen molar-refractivity contribution in [1.82, 2.24) is 4.90 Å². The highest BCUT2D eigenvalue weighted by atomic mass is 16.5. The first-order valence-corrected chi connectivity index (χ1v) is 10.1. The van der Waals surface area contributed by atoms with Crippen molar-refractivity contribution in [2.24, 2.45) is 0 Å². The van der Waals surface area contributed by atoms with Gasteiger partial charge in [0.15, 0.2) is 0 Å². The zero-order chi connectivity index (χ0) is 21.3. The maximum absolute atomic E-state index is 12.9. The quantitative estimate of drug-likeness (QED) is 0.491. The van der Waals surface area contributed by atoms with Gasteiger partial charge in [-0.1, -0.05) is 73.3 Å². The van der Waals surface area contributed by atoms with Gasteiger partial charge in [-0.15, -0.1) is 0 Å². The Morgan fingerprint density at radius 1 is 1.03 bits per heavy atom. The number of rotatable bonds is 9. The maximum Gasteiger partial charge on any atom is 0.241 e. The van der Waals surface area contributed by atoms with Crippen LogP contribution < -0.4 is 10.1 Å². The Kier molecular flexibility index (Phi) is 7.41. The van der Waals surface area contributed by atoms with E-state index in [4.69, 9.17) is 4.74 Å². The molecule has 154 valence electrons. The van der Waals surface area contributed by atoms with E-state index < -0.39 is 0 Å². The first-order chi connectivity index (χ1) is 14.6. The van der Waals surface area contributed by atoms with Crippen molar-refractivity contribution >= 4 is 11.6 Å². The largest absolute Gasteiger partial charge is 0.490 e. The zero-order valence-corrected chi connectivity index (χ0v) is 17.5. The summed E-state index contributed by atoms with van der Waals surface area (Å²) >= 11 is 0. The second-order valence-corrected chi connectivity index (χ2v) is 7.24.